The van der Waals surface area contributed by atoms with Gasteiger partial charge in [-0.05, 0) is 36.1 Å². The highest BCUT2D eigenvalue weighted by Crippen LogP contribution is 2.19. The average molecular weight is 331 g/mol. The molecule has 1 aromatic heterocycles. The molecule has 0 aliphatic rings. The summed E-state index contributed by atoms with van der Waals surface area (Å²) in [6.45, 7) is 0.663. The van der Waals surface area contributed by atoms with Gasteiger partial charge >= 0.3 is 0 Å². The van der Waals surface area contributed by atoms with Gasteiger partial charge in [0.15, 0.2) is 0 Å². The third-order valence-electron chi connectivity index (χ3n) is 3.13. The van der Waals surface area contributed by atoms with Crippen molar-refractivity contribution in [3.8, 4) is 5.69 Å². The zero-order chi connectivity index (χ0) is 15.4. The monoisotopic (exact) mass is 330 g/mol. The molecular weight excluding hydrogens is 316 g/mol. The third-order valence-corrected chi connectivity index (χ3v) is 3.92. The minimum absolute atomic E-state index is 0.663. The number of nitrogens with zero attached hydrogens (tertiary/aromatic N) is 3. The predicted octanol–water partition coefficient (Wildman–Crippen LogP) is 4.25. The molecule has 0 radical (unpaired) electrons. The maximum Gasteiger partial charge on any atom is 0.227 e. The second-order valence-electron chi connectivity index (χ2n) is 4.65. The molecule has 3 aromatic rings. The summed E-state index contributed by atoms with van der Waals surface area (Å²) in [5.41, 5.74) is 2.12. The van der Waals surface area contributed by atoms with Gasteiger partial charge in [-0.1, -0.05) is 53.7 Å². The first kappa shape index (κ1) is 14.9. The molecule has 6 heteroatoms. The van der Waals surface area contributed by atoms with E-state index in [0.29, 0.717) is 6.54 Å². The minimum Gasteiger partial charge on any atom is -0.350 e. The zero-order valence-electron chi connectivity index (χ0n) is 12.0. The zero-order valence-corrected chi connectivity index (χ0v) is 13.6. The van der Waals surface area contributed by atoms with Gasteiger partial charge in [0.05, 0.1) is 5.69 Å². The summed E-state index contributed by atoms with van der Waals surface area (Å²) in [5.74, 6) is 0.727. The number of para-hydroxylation sites is 1. The fourth-order valence-corrected chi connectivity index (χ4v) is 2.49. The van der Waals surface area contributed by atoms with E-state index in [1.807, 2.05) is 65.5 Å². The van der Waals surface area contributed by atoms with Gasteiger partial charge in [-0.15, -0.1) is 5.10 Å². The van der Waals surface area contributed by atoms with Crippen molar-refractivity contribution in [1.82, 2.24) is 14.8 Å². The lowest BCUT2D eigenvalue weighted by Gasteiger charge is -2.08. The maximum atomic E-state index is 5.91. The summed E-state index contributed by atoms with van der Waals surface area (Å²) in [6, 6.07) is 17.7. The number of halogens is 1. The van der Waals surface area contributed by atoms with Crippen LogP contribution >= 0.6 is 23.4 Å². The van der Waals surface area contributed by atoms with Crippen LogP contribution in [0.1, 0.15) is 5.56 Å². The van der Waals surface area contributed by atoms with Gasteiger partial charge in [-0.25, -0.2) is 0 Å². The first-order chi connectivity index (χ1) is 10.8. The van der Waals surface area contributed by atoms with Crippen molar-refractivity contribution >= 4 is 29.3 Å². The van der Waals surface area contributed by atoms with Gasteiger partial charge in [0.2, 0.25) is 11.1 Å². The summed E-state index contributed by atoms with van der Waals surface area (Å²) in [6.07, 6.45) is 1.97. The van der Waals surface area contributed by atoms with Crippen LogP contribution < -0.4 is 5.32 Å². The van der Waals surface area contributed by atoms with Crippen molar-refractivity contribution in [2.75, 3.05) is 11.6 Å². The van der Waals surface area contributed by atoms with Gasteiger partial charge in [-0.3, -0.25) is 0 Å². The fourth-order valence-electron chi connectivity index (χ4n) is 2.03. The second-order valence-corrected chi connectivity index (χ2v) is 5.86. The molecule has 0 saturated heterocycles. The molecule has 2 aromatic carbocycles. The molecule has 0 saturated carbocycles. The Morgan fingerprint density at radius 1 is 1.09 bits per heavy atom. The van der Waals surface area contributed by atoms with Crippen molar-refractivity contribution in [2.45, 2.75) is 11.7 Å². The van der Waals surface area contributed by atoms with Gasteiger partial charge in [0, 0.05) is 11.6 Å². The van der Waals surface area contributed by atoms with Crippen molar-refractivity contribution in [1.29, 1.82) is 0 Å². The van der Waals surface area contributed by atoms with Gasteiger partial charge in [0.25, 0.3) is 0 Å². The highest BCUT2D eigenvalue weighted by molar-refractivity contribution is 7.98. The number of nitrogens with one attached hydrogen (secondary N) is 1. The van der Waals surface area contributed by atoms with Crippen LogP contribution in [0, 0.1) is 0 Å². The normalized spacial score (nSPS) is 10.6. The summed E-state index contributed by atoms with van der Waals surface area (Å²) in [5, 5.41) is 9.32. The van der Waals surface area contributed by atoms with Gasteiger partial charge in [-0.2, -0.15) is 9.67 Å². The van der Waals surface area contributed by atoms with E-state index < -0.39 is 0 Å². The average Bonchev–Trinajstić information content (AvgIpc) is 2.98. The van der Waals surface area contributed by atoms with Crippen molar-refractivity contribution in [2.24, 2.45) is 0 Å². The smallest absolute Gasteiger partial charge is 0.227 e. The summed E-state index contributed by atoms with van der Waals surface area (Å²) in [7, 11) is 0. The van der Waals surface area contributed by atoms with Crippen molar-refractivity contribution in [3.63, 3.8) is 0 Å². The van der Waals surface area contributed by atoms with Gasteiger partial charge < -0.3 is 5.32 Å². The van der Waals surface area contributed by atoms with E-state index in [-0.39, 0.29) is 0 Å². The Kier molecular flexibility index (Phi) is 4.65. The fraction of sp³-hybridized carbons (Fsp3) is 0.125. The molecule has 0 fully saturated rings. The lowest BCUT2D eigenvalue weighted by Crippen LogP contribution is -2.07. The van der Waals surface area contributed by atoms with Crippen LogP contribution in [0.15, 0.2) is 59.8 Å². The SMILES string of the molecule is CSc1nc(NCc2ccc(Cl)cc2)n(-c2ccccc2)n1. The van der Waals surface area contributed by atoms with Crippen LogP contribution in [0.4, 0.5) is 5.95 Å². The Hall–Kier alpha value is -1.98. The third kappa shape index (κ3) is 3.43. The van der Waals surface area contributed by atoms with E-state index in [0.717, 1.165) is 27.4 Å². The van der Waals surface area contributed by atoms with Crippen LogP contribution in [0.5, 0.6) is 0 Å². The molecule has 4 nitrogen and oxygen atoms in total. The number of thioether (sulfide) groups is 1. The second kappa shape index (κ2) is 6.85. The molecule has 112 valence electrons. The topological polar surface area (TPSA) is 42.7 Å². The molecule has 0 aliphatic carbocycles. The molecule has 0 bridgehead atoms. The summed E-state index contributed by atoms with van der Waals surface area (Å²) < 4.78 is 1.82. The number of hydrogen-bond acceptors (Lipinski definition) is 4. The Labute approximate surface area is 138 Å². The Bertz CT molecular complexity index is 741. The molecular formula is C16H15ClN4S. The standard InChI is InChI=1S/C16H15ClN4S/c1-22-16-19-15(18-11-12-7-9-13(17)10-8-12)21(20-16)14-5-3-2-4-6-14/h2-10H,11H2,1H3,(H,18,19,20). The Balaban J connectivity index is 1.83. The Morgan fingerprint density at radius 3 is 2.50 bits per heavy atom. The van der Waals surface area contributed by atoms with Gasteiger partial charge in [0.1, 0.15) is 0 Å². The lowest BCUT2D eigenvalue weighted by molar-refractivity contribution is 0.834. The first-order valence-electron chi connectivity index (χ1n) is 6.81. The number of hydrogen-bond donors (Lipinski definition) is 1. The number of aromatic nitrogens is 3. The highest BCUT2D eigenvalue weighted by atomic mass is 35.5. The molecule has 0 spiro atoms. The lowest BCUT2D eigenvalue weighted by atomic mass is 10.2. The van der Waals surface area contributed by atoms with Crippen LogP contribution in [0.2, 0.25) is 5.02 Å². The molecule has 0 amide bonds. The quantitative estimate of drug-likeness (QED) is 0.710. The largest absolute Gasteiger partial charge is 0.350 e. The number of benzene rings is 2. The molecule has 0 atom stereocenters. The maximum absolute atomic E-state index is 5.91. The van der Waals surface area contributed by atoms with Crippen LogP contribution in [-0.2, 0) is 6.54 Å². The molecule has 0 aliphatic heterocycles. The van der Waals surface area contributed by atoms with E-state index in [1.165, 1.54) is 11.8 Å². The van der Waals surface area contributed by atoms with E-state index in [9.17, 15) is 0 Å². The minimum atomic E-state index is 0.663. The molecule has 22 heavy (non-hydrogen) atoms. The van der Waals surface area contributed by atoms with Crippen LogP contribution in [0.3, 0.4) is 0 Å². The first-order valence-corrected chi connectivity index (χ1v) is 8.41. The van der Waals surface area contributed by atoms with Crippen LogP contribution in [-0.4, -0.2) is 21.0 Å². The van der Waals surface area contributed by atoms with E-state index in [4.69, 9.17) is 11.6 Å². The number of anilines is 1. The molecule has 1 heterocycles. The van der Waals surface area contributed by atoms with Crippen molar-refractivity contribution in [3.05, 3.63) is 65.2 Å². The molecule has 1 N–H and O–H groups in total. The van der Waals surface area contributed by atoms with E-state index >= 15 is 0 Å². The predicted molar refractivity (Wildman–Crippen MR) is 91.9 cm³/mol. The molecule has 0 unspecified atom stereocenters. The highest BCUT2D eigenvalue weighted by Gasteiger charge is 2.10. The van der Waals surface area contributed by atoms with E-state index in [2.05, 4.69) is 15.4 Å². The van der Waals surface area contributed by atoms with Crippen LogP contribution in [0.25, 0.3) is 5.69 Å². The summed E-state index contributed by atoms with van der Waals surface area (Å²) in [4.78, 5) is 4.52. The van der Waals surface area contributed by atoms with E-state index in [1.54, 1.807) is 0 Å². The summed E-state index contributed by atoms with van der Waals surface area (Å²) >= 11 is 7.43. The molecule has 3 rings (SSSR count). The van der Waals surface area contributed by atoms with Crippen molar-refractivity contribution < 1.29 is 0 Å². The Morgan fingerprint density at radius 2 is 1.82 bits per heavy atom. The number of rotatable bonds is 5.